The molecule has 4 aromatic rings. The summed E-state index contributed by atoms with van der Waals surface area (Å²) in [7, 11) is 0. The average Bonchev–Trinajstić information content (AvgIpc) is 3.03. The van der Waals surface area contributed by atoms with Gasteiger partial charge in [0, 0.05) is 30.0 Å². The lowest BCUT2D eigenvalue weighted by Gasteiger charge is -2.08. The summed E-state index contributed by atoms with van der Waals surface area (Å²) >= 11 is 6.15. The van der Waals surface area contributed by atoms with Gasteiger partial charge in [-0.3, -0.25) is 0 Å². The number of rotatable bonds is 9. The highest BCUT2D eigenvalue weighted by Crippen LogP contribution is 2.29. The van der Waals surface area contributed by atoms with E-state index in [9.17, 15) is 13.2 Å². The molecule has 4 rings (SSSR count). The Labute approximate surface area is 274 Å². The monoisotopic (exact) mass is 664 g/mol. The summed E-state index contributed by atoms with van der Waals surface area (Å²) in [6.07, 6.45) is -2.30. The fourth-order valence-electron chi connectivity index (χ4n) is 3.80. The molecule has 0 heterocycles. The molecule has 0 fully saturated rings. The molecule has 0 radical (unpaired) electrons. The van der Waals surface area contributed by atoms with Crippen LogP contribution in [0, 0.1) is 19.3 Å². The van der Waals surface area contributed by atoms with E-state index in [0.717, 1.165) is 40.1 Å². The lowest BCUT2D eigenvalue weighted by Crippen LogP contribution is -2.16. The normalized spacial score (nSPS) is 11.9. The smallest absolute Gasteiger partial charge is 0.406 e. The Bertz CT molecular complexity index is 1720. The Morgan fingerprint density at radius 2 is 1.57 bits per heavy atom. The molecular weight excluding hydrogens is 634 g/mol. The largest absolute Gasteiger partial charge is 0.573 e. The zero-order valence-electron chi connectivity index (χ0n) is 24.8. The Morgan fingerprint density at radius 1 is 0.935 bits per heavy atom. The van der Waals surface area contributed by atoms with Gasteiger partial charge in [0.2, 0.25) is 0 Å². The van der Waals surface area contributed by atoms with Gasteiger partial charge >= 0.3 is 6.36 Å². The number of hydrogen-bond acceptors (Lipinski definition) is 8. The van der Waals surface area contributed by atoms with Crippen molar-refractivity contribution in [3.63, 3.8) is 0 Å². The molecule has 0 bridgehead atoms. The fraction of sp³-hybridized carbons (Fsp3) is 0.125. The first-order valence-electron chi connectivity index (χ1n) is 13.5. The zero-order valence-corrected chi connectivity index (χ0v) is 26.5. The molecule has 0 aromatic heterocycles. The maximum atomic E-state index is 12.0. The summed E-state index contributed by atoms with van der Waals surface area (Å²) in [6, 6.07) is 23.6. The fourth-order valence-corrected chi connectivity index (χ4v) is 4.67. The van der Waals surface area contributed by atoms with E-state index in [0.29, 0.717) is 33.5 Å². The van der Waals surface area contributed by atoms with Crippen molar-refractivity contribution in [3.8, 4) is 5.75 Å². The molecule has 46 heavy (non-hydrogen) atoms. The predicted molar refractivity (Wildman–Crippen MR) is 185 cm³/mol. The molecule has 0 atom stereocenters. The van der Waals surface area contributed by atoms with Crippen molar-refractivity contribution in [1.82, 2.24) is 0 Å². The van der Waals surface area contributed by atoms with Crippen LogP contribution >= 0.6 is 11.8 Å². The minimum Gasteiger partial charge on any atom is -0.406 e. The summed E-state index contributed by atoms with van der Waals surface area (Å²) in [5, 5.41) is 7.62. The third-order valence-electron chi connectivity index (χ3n) is 6.16. The molecule has 0 aliphatic rings. The second-order valence-corrected chi connectivity index (χ2v) is 10.7. The Balaban J connectivity index is 0.000000251. The molecule has 7 N–H and O–H groups in total. The van der Waals surface area contributed by atoms with E-state index in [4.69, 9.17) is 35.0 Å². The molecule has 0 amide bonds. The van der Waals surface area contributed by atoms with Crippen molar-refractivity contribution in [1.29, 1.82) is 5.41 Å². The number of nitrogens with one attached hydrogen (secondary N) is 1. The molecule has 14 heteroatoms. The van der Waals surface area contributed by atoms with E-state index in [-0.39, 0.29) is 11.6 Å². The number of alkyl halides is 3. The number of benzene rings is 4. The van der Waals surface area contributed by atoms with E-state index in [1.165, 1.54) is 36.4 Å². The van der Waals surface area contributed by atoms with Crippen LogP contribution in [-0.4, -0.2) is 29.9 Å². The van der Waals surface area contributed by atoms with E-state index in [1.807, 2.05) is 44.2 Å². The minimum atomic E-state index is -4.73. The number of anilines is 1. The summed E-state index contributed by atoms with van der Waals surface area (Å²) in [5.74, 6) is 0.535. The van der Waals surface area contributed by atoms with Crippen molar-refractivity contribution in [2.24, 2.45) is 30.8 Å². The predicted octanol–water partition coefficient (Wildman–Crippen LogP) is 7.78. The number of aliphatic imine (C=N–C) groups is 3. The second kappa shape index (κ2) is 16.8. The number of hydrogen-bond donors (Lipinski definition) is 4. The van der Waals surface area contributed by atoms with Crippen LogP contribution in [-0.2, 0) is 18.2 Å². The topological polar surface area (TPSA) is 161 Å². The highest BCUT2D eigenvalue weighted by atomic mass is 32.2. The Kier molecular flexibility index (Phi) is 13.0. The summed E-state index contributed by atoms with van der Waals surface area (Å²) in [6.45, 7) is 4.05. The first-order chi connectivity index (χ1) is 21.9. The van der Waals surface area contributed by atoms with Crippen LogP contribution in [0.3, 0.4) is 0 Å². The van der Waals surface area contributed by atoms with Gasteiger partial charge in [-0.15, -0.1) is 13.2 Å². The SMILES string of the molecule is Cc1cccc(C)c1N=C(N)SCc1cccc(N=S)c1N.N=Cc1ccc(C(N)=NC=Nc2ccc(OC(F)(F)F)cc2)cc1. The molecular formula is C32H31F3N8OS2. The van der Waals surface area contributed by atoms with Crippen LogP contribution in [0.25, 0.3) is 0 Å². The highest BCUT2D eigenvalue weighted by molar-refractivity contribution is 8.13. The molecule has 0 saturated carbocycles. The first kappa shape index (κ1) is 35.4. The quantitative estimate of drug-likeness (QED) is 0.0812. The maximum Gasteiger partial charge on any atom is 0.573 e. The highest BCUT2D eigenvalue weighted by Gasteiger charge is 2.30. The average molecular weight is 665 g/mol. The van der Waals surface area contributed by atoms with Gasteiger partial charge in [0.25, 0.3) is 0 Å². The summed E-state index contributed by atoms with van der Waals surface area (Å²) < 4.78 is 43.6. The summed E-state index contributed by atoms with van der Waals surface area (Å²) in [4.78, 5) is 12.5. The number of aryl methyl sites for hydroxylation is 2. The standard InChI is InChI=1S/C16H13F3N4O.C16H18N4S2/c17-16(18,19)24-14-7-5-13(6-8-14)22-10-23-15(21)12-3-1-11(9-20)2-4-12;1-10-5-3-6-11(2)15(10)19-16(18)22-9-12-7-4-8-13(20-21)14(12)17/h1-10,20H,(H2,21,22,23);3-8H,9,17H2,1-2H3,(H2,18,19). The van der Waals surface area contributed by atoms with Crippen LogP contribution in [0.4, 0.5) is 35.9 Å². The number of thioether (sulfide) groups is 1. The lowest BCUT2D eigenvalue weighted by atomic mass is 10.1. The van der Waals surface area contributed by atoms with Crippen molar-refractivity contribution < 1.29 is 17.9 Å². The minimum absolute atomic E-state index is 0.229. The third kappa shape index (κ3) is 11.1. The maximum absolute atomic E-state index is 12.0. The van der Waals surface area contributed by atoms with Gasteiger partial charge < -0.3 is 27.3 Å². The van der Waals surface area contributed by atoms with Gasteiger partial charge in [0.15, 0.2) is 5.17 Å². The molecule has 0 saturated heterocycles. The van der Waals surface area contributed by atoms with Gasteiger partial charge in [-0.1, -0.05) is 66.4 Å². The van der Waals surface area contributed by atoms with Crippen LogP contribution in [0.1, 0.15) is 27.8 Å². The van der Waals surface area contributed by atoms with Crippen LogP contribution < -0.4 is 21.9 Å². The van der Waals surface area contributed by atoms with Crippen molar-refractivity contribution in [2.75, 3.05) is 5.73 Å². The summed E-state index contributed by atoms with van der Waals surface area (Å²) in [5.41, 5.74) is 25.0. The van der Waals surface area contributed by atoms with E-state index >= 15 is 0 Å². The first-order valence-corrected chi connectivity index (χ1v) is 14.8. The van der Waals surface area contributed by atoms with Crippen molar-refractivity contribution in [2.45, 2.75) is 26.0 Å². The molecule has 0 spiro atoms. The molecule has 0 unspecified atom stereocenters. The molecule has 238 valence electrons. The number of nitrogens with two attached hydrogens (primary N) is 3. The molecule has 9 nitrogen and oxygen atoms in total. The molecule has 0 aliphatic heterocycles. The number of nitrogens with zero attached hydrogens (tertiary/aromatic N) is 4. The van der Waals surface area contributed by atoms with Gasteiger partial charge in [-0.25, -0.2) is 15.0 Å². The van der Waals surface area contributed by atoms with E-state index in [2.05, 4.69) is 24.1 Å². The van der Waals surface area contributed by atoms with Gasteiger partial charge in [0.1, 0.15) is 23.6 Å². The van der Waals surface area contributed by atoms with E-state index in [1.54, 1.807) is 30.3 Å². The molecule has 0 aliphatic carbocycles. The van der Waals surface area contributed by atoms with Gasteiger partial charge in [-0.05, 0) is 66.4 Å². The lowest BCUT2D eigenvalue weighted by molar-refractivity contribution is -0.274. The number of ether oxygens (including phenoxy) is 1. The molecule has 4 aromatic carbocycles. The van der Waals surface area contributed by atoms with Gasteiger partial charge in [-0.2, -0.15) is 4.36 Å². The van der Waals surface area contributed by atoms with Crippen molar-refractivity contribution >= 4 is 70.5 Å². The number of para-hydroxylation sites is 2. The third-order valence-corrected chi connectivity index (χ3v) is 7.19. The Morgan fingerprint density at radius 3 is 2.15 bits per heavy atom. The van der Waals surface area contributed by atoms with Crippen molar-refractivity contribution in [3.05, 3.63) is 113 Å². The van der Waals surface area contributed by atoms with Crippen LogP contribution in [0.2, 0.25) is 0 Å². The van der Waals surface area contributed by atoms with E-state index < -0.39 is 6.36 Å². The second-order valence-electron chi connectivity index (χ2n) is 9.49. The number of halogens is 3. The number of nitrogen functional groups attached to an aromatic ring is 1. The Hall–Kier alpha value is -5.08. The van der Waals surface area contributed by atoms with Crippen LogP contribution in [0.15, 0.2) is 104 Å². The number of amidine groups is 2. The van der Waals surface area contributed by atoms with Gasteiger partial charge in [0.05, 0.1) is 17.1 Å². The zero-order chi connectivity index (χ0) is 33.7. The van der Waals surface area contributed by atoms with Crippen LogP contribution in [0.5, 0.6) is 5.75 Å².